The van der Waals surface area contributed by atoms with Gasteiger partial charge in [0.2, 0.25) is 5.76 Å². The number of para-hydroxylation sites is 3. The number of methoxy groups -OCH3 is 1. The second-order valence-corrected chi connectivity index (χ2v) is 6.10. The fourth-order valence-corrected chi connectivity index (χ4v) is 2.49. The number of esters is 1. The van der Waals surface area contributed by atoms with Gasteiger partial charge in [0, 0.05) is 0 Å². The van der Waals surface area contributed by atoms with Crippen LogP contribution in [0.3, 0.4) is 0 Å². The van der Waals surface area contributed by atoms with Gasteiger partial charge in [0.1, 0.15) is 23.9 Å². The quantitative estimate of drug-likeness (QED) is 0.579. The third-order valence-electron chi connectivity index (χ3n) is 4.01. The van der Waals surface area contributed by atoms with Crippen LogP contribution in [0.1, 0.15) is 23.2 Å². The molecule has 1 N–H and O–H groups in total. The number of anilines is 1. The standard InChI is InChI=1S/C22H21NO6/c1-15(21(24)23-18-10-6-7-11-19(18)26-2)28-22(25)20-13-12-17(29-20)14-27-16-8-4-3-5-9-16/h3-13,15H,14H2,1-2H3,(H,23,24)/t15-/m1/s1. The van der Waals surface area contributed by atoms with Crippen molar-refractivity contribution in [2.45, 2.75) is 19.6 Å². The molecule has 7 heteroatoms. The Bertz CT molecular complexity index is 966. The maximum atomic E-state index is 12.3. The molecule has 0 bridgehead atoms. The first-order chi connectivity index (χ1) is 14.1. The van der Waals surface area contributed by atoms with E-state index in [1.165, 1.54) is 20.1 Å². The van der Waals surface area contributed by atoms with Crippen LogP contribution in [-0.2, 0) is 16.1 Å². The van der Waals surface area contributed by atoms with Crippen LogP contribution in [0.2, 0.25) is 0 Å². The number of nitrogens with one attached hydrogen (secondary N) is 1. The van der Waals surface area contributed by atoms with Crippen molar-refractivity contribution < 1.29 is 28.2 Å². The number of hydrogen-bond acceptors (Lipinski definition) is 6. The number of amides is 1. The van der Waals surface area contributed by atoms with Crippen molar-refractivity contribution in [1.29, 1.82) is 0 Å². The minimum atomic E-state index is -1.03. The fourth-order valence-electron chi connectivity index (χ4n) is 2.49. The van der Waals surface area contributed by atoms with E-state index in [-0.39, 0.29) is 12.4 Å². The molecular weight excluding hydrogens is 374 g/mol. The molecule has 1 aromatic heterocycles. The summed E-state index contributed by atoms with van der Waals surface area (Å²) in [5.74, 6) is 0.435. The van der Waals surface area contributed by atoms with Gasteiger partial charge in [-0.1, -0.05) is 30.3 Å². The Kier molecular flexibility index (Phi) is 6.52. The van der Waals surface area contributed by atoms with E-state index in [1.54, 1.807) is 30.3 Å². The highest BCUT2D eigenvalue weighted by atomic mass is 16.6. The molecule has 0 saturated heterocycles. The summed E-state index contributed by atoms with van der Waals surface area (Å²) in [6.45, 7) is 1.64. The van der Waals surface area contributed by atoms with Crippen LogP contribution >= 0.6 is 0 Å². The molecule has 150 valence electrons. The van der Waals surface area contributed by atoms with Crippen LogP contribution in [-0.4, -0.2) is 25.1 Å². The van der Waals surface area contributed by atoms with E-state index in [2.05, 4.69) is 5.32 Å². The number of hydrogen-bond donors (Lipinski definition) is 1. The predicted molar refractivity (Wildman–Crippen MR) is 106 cm³/mol. The Morgan fingerprint density at radius 2 is 1.72 bits per heavy atom. The zero-order valence-corrected chi connectivity index (χ0v) is 16.1. The molecule has 0 spiro atoms. The van der Waals surface area contributed by atoms with Gasteiger partial charge in [0.05, 0.1) is 12.8 Å². The normalized spacial score (nSPS) is 11.4. The molecule has 0 unspecified atom stereocenters. The fraction of sp³-hybridized carbons (Fsp3) is 0.182. The predicted octanol–water partition coefficient (Wildman–Crippen LogP) is 4.05. The second-order valence-electron chi connectivity index (χ2n) is 6.10. The maximum Gasteiger partial charge on any atom is 0.375 e. The molecular formula is C22H21NO6. The average Bonchev–Trinajstić information content (AvgIpc) is 3.22. The Morgan fingerprint density at radius 3 is 2.48 bits per heavy atom. The van der Waals surface area contributed by atoms with Crippen LogP contribution < -0.4 is 14.8 Å². The van der Waals surface area contributed by atoms with Gasteiger partial charge in [-0.15, -0.1) is 0 Å². The molecule has 1 heterocycles. The van der Waals surface area contributed by atoms with E-state index < -0.39 is 18.0 Å². The summed E-state index contributed by atoms with van der Waals surface area (Å²) in [6, 6.07) is 19.3. The molecule has 29 heavy (non-hydrogen) atoms. The van der Waals surface area contributed by atoms with Crippen molar-refractivity contribution >= 4 is 17.6 Å². The summed E-state index contributed by atoms with van der Waals surface area (Å²) in [5.41, 5.74) is 0.487. The molecule has 0 aliphatic rings. The molecule has 0 fully saturated rings. The SMILES string of the molecule is COc1ccccc1NC(=O)[C@@H](C)OC(=O)c1ccc(COc2ccccc2)o1. The van der Waals surface area contributed by atoms with Gasteiger partial charge < -0.3 is 23.9 Å². The Morgan fingerprint density at radius 1 is 1.00 bits per heavy atom. The molecule has 0 radical (unpaired) electrons. The molecule has 0 aliphatic carbocycles. The summed E-state index contributed by atoms with van der Waals surface area (Å²) < 4.78 is 21.4. The number of ether oxygens (including phenoxy) is 3. The third kappa shape index (κ3) is 5.38. The maximum absolute atomic E-state index is 12.3. The number of furan rings is 1. The lowest BCUT2D eigenvalue weighted by Gasteiger charge is -2.14. The van der Waals surface area contributed by atoms with Gasteiger partial charge in [-0.2, -0.15) is 0 Å². The van der Waals surface area contributed by atoms with E-state index in [0.29, 0.717) is 22.9 Å². The first-order valence-corrected chi connectivity index (χ1v) is 8.98. The summed E-state index contributed by atoms with van der Waals surface area (Å²) >= 11 is 0. The minimum Gasteiger partial charge on any atom is -0.495 e. The monoisotopic (exact) mass is 395 g/mol. The van der Waals surface area contributed by atoms with Gasteiger partial charge in [-0.25, -0.2) is 4.79 Å². The zero-order valence-electron chi connectivity index (χ0n) is 16.1. The first-order valence-electron chi connectivity index (χ1n) is 8.98. The third-order valence-corrected chi connectivity index (χ3v) is 4.01. The smallest absolute Gasteiger partial charge is 0.375 e. The van der Waals surface area contributed by atoms with E-state index >= 15 is 0 Å². The van der Waals surface area contributed by atoms with Crippen LogP contribution in [0.15, 0.2) is 71.1 Å². The Balaban J connectivity index is 1.54. The molecule has 1 atom stereocenters. The largest absolute Gasteiger partial charge is 0.495 e. The lowest BCUT2D eigenvalue weighted by molar-refractivity contribution is -0.123. The number of carbonyl (C=O) groups is 2. The molecule has 0 saturated carbocycles. The average molecular weight is 395 g/mol. The number of benzene rings is 2. The Labute approximate surface area is 168 Å². The van der Waals surface area contributed by atoms with Gasteiger partial charge >= 0.3 is 5.97 Å². The number of rotatable bonds is 8. The zero-order chi connectivity index (χ0) is 20.6. The topological polar surface area (TPSA) is 87.0 Å². The Hall–Kier alpha value is -3.74. The molecule has 2 aromatic carbocycles. The van der Waals surface area contributed by atoms with Gasteiger partial charge in [0.25, 0.3) is 5.91 Å². The second kappa shape index (κ2) is 9.45. The van der Waals surface area contributed by atoms with Crippen molar-refractivity contribution in [2.75, 3.05) is 12.4 Å². The highest BCUT2D eigenvalue weighted by molar-refractivity contribution is 5.97. The summed E-state index contributed by atoms with van der Waals surface area (Å²) in [4.78, 5) is 24.6. The van der Waals surface area contributed by atoms with E-state index in [4.69, 9.17) is 18.6 Å². The van der Waals surface area contributed by atoms with Gasteiger partial charge in [-0.05, 0) is 43.3 Å². The van der Waals surface area contributed by atoms with Crippen LogP contribution in [0, 0.1) is 0 Å². The molecule has 3 aromatic rings. The summed E-state index contributed by atoms with van der Waals surface area (Å²) in [7, 11) is 1.50. The molecule has 1 amide bonds. The van der Waals surface area contributed by atoms with Crippen molar-refractivity contribution in [1.82, 2.24) is 0 Å². The number of carbonyl (C=O) groups excluding carboxylic acids is 2. The van der Waals surface area contributed by atoms with Crippen LogP contribution in [0.5, 0.6) is 11.5 Å². The minimum absolute atomic E-state index is 0.00592. The van der Waals surface area contributed by atoms with E-state index in [1.807, 2.05) is 30.3 Å². The summed E-state index contributed by atoms with van der Waals surface area (Å²) in [5, 5.41) is 2.67. The summed E-state index contributed by atoms with van der Waals surface area (Å²) in [6.07, 6.45) is -1.03. The first kappa shape index (κ1) is 20.0. The van der Waals surface area contributed by atoms with Gasteiger partial charge in [0.15, 0.2) is 6.10 Å². The highest BCUT2D eigenvalue weighted by Gasteiger charge is 2.22. The lowest BCUT2D eigenvalue weighted by Crippen LogP contribution is -2.30. The van der Waals surface area contributed by atoms with Crippen molar-refractivity contribution in [3.05, 3.63) is 78.3 Å². The molecule has 0 aliphatic heterocycles. The van der Waals surface area contributed by atoms with Crippen molar-refractivity contribution in [2.24, 2.45) is 0 Å². The van der Waals surface area contributed by atoms with E-state index in [9.17, 15) is 9.59 Å². The molecule has 7 nitrogen and oxygen atoms in total. The lowest BCUT2D eigenvalue weighted by atomic mass is 10.2. The van der Waals surface area contributed by atoms with Crippen LogP contribution in [0.25, 0.3) is 0 Å². The highest BCUT2D eigenvalue weighted by Crippen LogP contribution is 2.23. The van der Waals surface area contributed by atoms with Gasteiger partial charge in [-0.3, -0.25) is 4.79 Å². The van der Waals surface area contributed by atoms with E-state index in [0.717, 1.165) is 0 Å². The van der Waals surface area contributed by atoms with Crippen molar-refractivity contribution in [3.8, 4) is 11.5 Å². The van der Waals surface area contributed by atoms with Crippen LogP contribution in [0.4, 0.5) is 5.69 Å². The molecule has 3 rings (SSSR count). The van der Waals surface area contributed by atoms with Crippen molar-refractivity contribution in [3.63, 3.8) is 0 Å².